The highest BCUT2D eigenvalue weighted by atomic mass is 35.5. The molecule has 0 aliphatic heterocycles. The molecule has 4 aliphatic carbocycles. The summed E-state index contributed by atoms with van der Waals surface area (Å²) in [4.78, 5) is 29.1. The number of carbonyl (C=O) groups excluding carboxylic acids is 2. The summed E-state index contributed by atoms with van der Waals surface area (Å²) >= 11 is 0. The zero-order valence-corrected chi connectivity index (χ0v) is 21.5. The molecule has 7 N–H and O–H groups in total. The van der Waals surface area contributed by atoms with Gasteiger partial charge in [-0.05, 0) is 68.1 Å². The molecule has 0 aromatic heterocycles. The molecule has 4 rings (SSSR count). The Bertz CT molecular complexity index is 859. The van der Waals surface area contributed by atoms with Crippen LogP contribution >= 0.6 is 12.4 Å². The van der Waals surface area contributed by atoms with E-state index >= 15 is 0 Å². The Balaban J connectivity index is 0.000000294. The second-order valence-corrected chi connectivity index (χ2v) is 10.8. The molecular weight excluding hydrogens is 454 g/mol. The fraction of sp³-hybridized carbons (Fsp3) is 0.760. The molecule has 3 saturated carbocycles. The van der Waals surface area contributed by atoms with Gasteiger partial charge in [-0.3, -0.25) is 25.3 Å². The van der Waals surface area contributed by atoms with Gasteiger partial charge in [-0.1, -0.05) is 33.6 Å². The highest BCUT2D eigenvalue weighted by Crippen LogP contribution is 2.64. The Hall–Kier alpha value is -2.09. The van der Waals surface area contributed by atoms with Crippen LogP contribution in [0.4, 0.5) is 0 Å². The van der Waals surface area contributed by atoms with E-state index in [1.165, 1.54) is 31.8 Å². The molecule has 0 heterocycles. The van der Waals surface area contributed by atoms with Crippen LogP contribution in [0.15, 0.2) is 16.8 Å². The average Bonchev–Trinajstić information content (AvgIpc) is 3.14. The van der Waals surface area contributed by atoms with Crippen LogP contribution in [0.3, 0.4) is 0 Å². The highest BCUT2D eigenvalue weighted by Gasteiger charge is 2.62. The van der Waals surface area contributed by atoms with Crippen LogP contribution in [0, 0.1) is 39.9 Å². The van der Waals surface area contributed by atoms with Crippen molar-refractivity contribution in [2.75, 3.05) is 6.54 Å². The van der Waals surface area contributed by atoms with Crippen LogP contribution in [-0.4, -0.2) is 35.1 Å². The smallest absolute Gasteiger partial charge is 0.204 e. The van der Waals surface area contributed by atoms with E-state index in [2.05, 4.69) is 24.2 Å². The fourth-order valence-electron chi connectivity index (χ4n) is 7.22. The fourth-order valence-corrected chi connectivity index (χ4v) is 7.22. The molecule has 0 radical (unpaired) electrons. The third-order valence-corrected chi connectivity index (χ3v) is 8.90. The summed E-state index contributed by atoms with van der Waals surface area (Å²) in [6.07, 6.45) is 11.3. The number of nitrogens with zero attached hydrogens (tertiary/aromatic N) is 1. The lowest BCUT2D eigenvalue weighted by molar-refractivity contribution is -0.156. The van der Waals surface area contributed by atoms with Crippen LogP contribution in [0.5, 0.6) is 0 Å². The lowest BCUT2D eigenvalue weighted by Gasteiger charge is -2.57. The minimum Gasteiger partial charge on any atom is -0.504 e. The van der Waals surface area contributed by atoms with E-state index in [1.54, 1.807) is 0 Å². The lowest BCUT2D eigenvalue weighted by atomic mass is 9.45. The first-order valence-corrected chi connectivity index (χ1v) is 12.4. The van der Waals surface area contributed by atoms with E-state index in [9.17, 15) is 14.7 Å². The quantitative estimate of drug-likeness (QED) is 0.227. The molecule has 6 atom stereocenters. The molecule has 192 valence electrons. The molecule has 4 aliphatic rings. The van der Waals surface area contributed by atoms with E-state index in [0.29, 0.717) is 23.8 Å². The Labute approximate surface area is 209 Å². The summed E-state index contributed by atoms with van der Waals surface area (Å²) in [6.45, 7) is 7.16. The second kappa shape index (κ2) is 11.1. The first-order chi connectivity index (χ1) is 15.5. The summed E-state index contributed by atoms with van der Waals surface area (Å²) in [5.74, 6) is 0.867. The number of nitrogens with one attached hydrogen (secondary N) is 2. The van der Waals surface area contributed by atoms with Gasteiger partial charge >= 0.3 is 0 Å². The van der Waals surface area contributed by atoms with Gasteiger partial charge in [0.15, 0.2) is 23.5 Å². The van der Waals surface area contributed by atoms with Crippen molar-refractivity contribution in [3.05, 3.63) is 11.8 Å². The maximum atomic E-state index is 12.8. The van der Waals surface area contributed by atoms with Crippen LogP contribution in [0.2, 0.25) is 0 Å². The number of halogens is 1. The number of nitrogens with two attached hydrogens (primary N) is 2. The normalized spacial score (nSPS) is 36.6. The third kappa shape index (κ3) is 5.26. The van der Waals surface area contributed by atoms with Crippen LogP contribution in [0.25, 0.3) is 0 Å². The van der Waals surface area contributed by atoms with E-state index in [-0.39, 0.29) is 53.5 Å². The molecule has 0 bridgehead atoms. The topological polar surface area (TPSA) is 155 Å². The van der Waals surface area contributed by atoms with E-state index in [0.717, 1.165) is 32.1 Å². The molecule has 3 fully saturated rings. The minimum atomic E-state index is -0.664. The van der Waals surface area contributed by atoms with E-state index < -0.39 is 5.41 Å². The van der Waals surface area contributed by atoms with Crippen molar-refractivity contribution in [2.24, 2.45) is 51.0 Å². The molecule has 0 amide bonds. The zero-order chi connectivity index (χ0) is 24.4. The number of hydrogen-bond donors (Lipinski definition) is 5. The van der Waals surface area contributed by atoms with Crippen LogP contribution in [0.1, 0.15) is 78.6 Å². The molecular formula is C25H42ClN5O3. The van der Waals surface area contributed by atoms with Gasteiger partial charge in [-0.2, -0.15) is 0 Å². The summed E-state index contributed by atoms with van der Waals surface area (Å²) in [5, 5.41) is 19.2. The Morgan fingerprint density at radius 2 is 1.88 bits per heavy atom. The maximum absolute atomic E-state index is 12.8. The third-order valence-electron chi connectivity index (χ3n) is 8.90. The SMILES string of the molecule is CCCCN=C(N)NC(=N)N.C[C@@]12CCC[C@H]1[C@@H]1CCC3C(=O)C=C(O)C(=O)[C@]3(C)[C@H]1CC2.Cl. The van der Waals surface area contributed by atoms with E-state index in [4.69, 9.17) is 16.9 Å². The van der Waals surface area contributed by atoms with Crippen molar-refractivity contribution in [3.8, 4) is 0 Å². The van der Waals surface area contributed by atoms with Gasteiger partial charge < -0.3 is 16.6 Å². The van der Waals surface area contributed by atoms with Crippen molar-refractivity contribution >= 4 is 35.9 Å². The molecule has 1 unspecified atom stereocenters. The molecule has 0 spiro atoms. The van der Waals surface area contributed by atoms with Crippen molar-refractivity contribution < 1.29 is 14.7 Å². The van der Waals surface area contributed by atoms with Gasteiger partial charge in [0.2, 0.25) is 5.78 Å². The van der Waals surface area contributed by atoms with Crippen molar-refractivity contribution in [2.45, 2.75) is 78.6 Å². The Morgan fingerprint density at radius 1 is 1.18 bits per heavy atom. The van der Waals surface area contributed by atoms with Crippen molar-refractivity contribution in [1.82, 2.24) is 5.32 Å². The number of carbonyl (C=O) groups is 2. The molecule has 9 heteroatoms. The number of ketones is 2. The summed E-state index contributed by atoms with van der Waals surface area (Å²) in [5.41, 5.74) is 10.1. The predicted octanol–water partition coefficient (Wildman–Crippen LogP) is 3.84. The van der Waals surface area contributed by atoms with Gasteiger partial charge in [0, 0.05) is 24.0 Å². The van der Waals surface area contributed by atoms with Gasteiger partial charge in [0.05, 0.1) is 0 Å². The number of fused-ring (bicyclic) bond motifs is 5. The molecule has 8 nitrogen and oxygen atoms in total. The number of aliphatic imine (C=N–C) groups is 1. The highest BCUT2D eigenvalue weighted by molar-refractivity contribution is 6.11. The van der Waals surface area contributed by atoms with Gasteiger partial charge in [0.25, 0.3) is 0 Å². The predicted molar refractivity (Wildman–Crippen MR) is 137 cm³/mol. The molecule has 0 aromatic carbocycles. The number of aliphatic hydroxyl groups is 1. The zero-order valence-electron chi connectivity index (χ0n) is 20.7. The van der Waals surface area contributed by atoms with Gasteiger partial charge in [0.1, 0.15) is 0 Å². The maximum Gasteiger partial charge on any atom is 0.204 e. The number of unbranched alkanes of at least 4 members (excludes halogenated alkanes) is 1. The number of allylic oxidation sites excluding steroid dienone is 2. The van der Waals surface area contributed by atoms with Gasteiger partial charge in [-0.25, -0.2) is 0 Å². The molecule has 0 aromatic rings. The standard InChI is InChI=1S/C19H26O3.C6H15N5.ClH/c1-18-8-3-4-12(18)11-5-6-14-15(20)10-16(21)17(22)19(14,2)13(11)7-9-18;1-2-3-4-10-6(9)11-5(7)8;/h10-14,21H,3-9H2,1-2H3;2-4H2,1H3,(H6,7,8,9,10,11);1H/t11-,12-,13-,14?,18-,19+;;/m0../s1. The number of aliphatic hydroxyl groups excluding tert-OH is 1. The van der Waals surface area contributed by atoms with E-state index in [1.807, 2.05) is 6.92 Å². The monoisotopic (exact) mass is 495 g/mol. The first-order valence-electron chi connectivity index (χ1n) is 12.4. The Kier molecular flexibility index (Phi) is 9.19. The summed E-state index contributed by atoms with van der Waals surface area (Å²) in [6, 6.07) is 0. The number of rotatable bonds is 3. The second-order valence-electron chi connectivity index (χ2n) is 10.8. The summed E-state index contributed by atoms with van der Waals surface area (Å²) < 4.78 is 0. The number of guanidine groups is 2. The lowest BCUT2D eigenvalue weighted by Crippen LogP contribution is -2.57. The first kappa shape index (κ1) is 28.1. The molecule has 0 saturated heterocycles. The number of Topliss-reactive ketones (excluding diaryl/α,β-unsaturated/α-hetero) is 1. The largest absolute Gasteiger partial charge is 0.504 e. The average molecular weight is 496 g/mol. The minimum absolute atomic E-state index is 0. The van der Waals surface area contributed by atoms with Crippen molar-refractivity contribution in [3.63, 3.8) is 0 Å². The number of hydrogen-bond acceptors (Lipinski definition) is 5. The Morgan fingerprint density at radius 3 is 2.53 bits per heavy atom. The van der Waals surface area contributed by atoms with Crippen LogP contribution < -0.4 is 16.8 Å². The van der Waals surface area contributed by atoms with Gasteiger partial charge in [-0.15, -0.1) is 12.4 Å². The van der Waals surface area contributed by atoms with Crippen molar-refractivity contribution in [1.29, 1.82) is 5.41 Å². The summed E-state index contributed by atoms with van der Waals surface area (Å²) in [7, 11) is 0. The van der Waals surface area contributed by atoms with Crippen LogP contribution in [-0.2, 0) is 9.59 Å². The molecule has 34 heavy (non-hydrogen) atoms.